The predicted octanol–water partition coefficient (Wildman–Crippen LogP) is -1.22. The van der Waals surface area contributed by atoms with Gasteiger partial charge in [-0.15, -0.1) is 0 Å². The Hall–Kier alpha value is -2.76. The summed E-state index contributed by atoms with van der Waals surface area (Å²) in [5.74, 6) is -0.362. The Labute approximate surface area is 106 Å². The summed E-state index contributed by atoms with van der Waals surface area (Å²) >= 11 is 0. The fourth-order valence-electron chi connectivity index (χ4n) is 2.51. The summed E-state index contributed by atoms with van der Waals surface area (Å²) in [7, 11) is 0. The number of rotatable bonds is 0. The van der Waals surface area contributed by atoms with Crippen molar-refractivity contribution >= 4 is 35.1 Å². The zero-order valence-corrected chi connectivity index (χ0v) is 9.68. The highest BCUT2D eigenvalue weighted by atomic mass is 16.2. The maximum absolute atomic E-state index is 11.9. The summed E-state index contributed by atoms with van der Waals surface area (Å²) in [6.07, 6.45) is 6.70. The van der Waals surface area contributed by atoms with Crippen LogP contribution in [-0.4, -0.2) is 27.4 Å². The first-order chi connectivity index (χ1) is 9.16. The number of urea groups is 1. The van der Waals surface area contributed by atoms with Crippen LogP contribution in [0.4, 0.5) is 4.79 Å². The summed E-state index contributed by atoms with van der Waals surface area (Å²) in [6, 6.07) is 3.24. The van der Waals surface area contributed by atoms with E-state index in [4.69, 9.17) is 0 Å². The van der Waals surface area contributed by atoms with Crippen LogP contribution < -0.4 is 21.1 Å². The lowest BCUT2D eigenvalue weighted by atomic mass is 10.0. The molecular weight excluding hydrogens is 244 g/mol. The van der Waals surface area contributed by atoms with Gasteiger partial charge in [0, 0.05) is 12.4 Å². The highest BCUT2D eigenvalue weighted by Gasteiger charge is 2.44. The van der Waals surface area contributed by atoms with Crippen molar-refractivity contribution < 1.29 is 9.59 Å². The van der Waals surface area contributed by atoms with Gasteiger partial charge in [-0.05, 0) is 34.7 Å². The minimum atomic E-state index is -1.07. The number of imide groups is 1. The van der Waals surface area contributed by atoms with Gasteiger partial charge in [-0.25, -0.2) is 4.79 Å². The molecule has 6 nitrogen and oxygen atoms in total. The molecular formula is C13H8N4O2. The molecule has 2 aliphatic rings. The first-order valence-corrected chi connectivity index (χ1v) is 5.76. The second kappa shape index (κ2) is 3.17. The minimum absolute atomic E-state index is 0.362. The molecule has 1 aromatic heterocycles. The molecule has 0 atom stereocenters. The molecule has 0 saturated carbocycles. The van der Waals surface area contributed by atoms with E-state index in [1.165, 1.54) is 0 Å². The number of nitrogens with zero attached hydrogens (tertiary/aromatic N) is 2. The SMILES string of the molecule is O=C1NC(=O)C2(C=c3cc4nccnc4cc3=C2)N1. The molecule has 1 spiro atoms. The van der Waals surface area contributed by atoms with Crippen LogP contribution in [0.15, 0.2) is 24.5 Å². The number of benzene rings is 1. The van der Waals surface area contributed by atoms with Crippen molar-refractivity contribution in [1.29, 1.82) is 0 Å². The van der Waals surface area contributed by atoms with Crippen molar-refractivity contribution in [2.45, 2.75) is 5.54 Å². The maximum atomic E-state index is 11.9. The van der Waals surface area contributed by atoms with E-state index in [0.29, 0.717) is 0 Å². The fraction of sp³-hybridized carbons (Fsp3) is 0.0769. The first kappa shape index (κ1) is 10.2. The molecule has 0 unspecified atom stereocenters. The molecule has 0 radical (unpaired) electrons. The van der Waals surface area contributed by atoms with Crippen molar-refractivity contribution in [3.63, 3.8) is 0 Å². The Morgan fingerprint density at radius 2 is 1.53 bits per heavy atom. The van der Waals surface area contributed by atoms with Crippen LogP contribution in [-0.2, 0) is 4.79 Å². The van der Waals surface area contributed by atoms with E-state index in [-0.39, 0.29) is 5.91 Å². The van der Waals surface area contributed by atoms with Gasteiger partial charge in [0.25, 0.3) is 5.91 Å². The number of hydrogen-bond acceptors (Lipinski definition) is 4. The lowest BCUT2D eigenvalue weighted by molar-refractivity contribution is -0.120. The average Bonchev–Trinajstić information content (AvgIpc) is 2.86. The first-order valence-electron chi connectivity index (χ1n) is 5.76. The second-order valence-electron chi connectivity index (χ2n) is 4.59. The largest absolute Gasteiger partial charge is 0.322 e. The van der Waals surface area contributed by atoms with E-state index in [0.717, 1.165) is 21.5 Å². The molecule has 1 saturated heterocycles. The van der Waals surface area contributed by atoms with Gasteiger partial charge in [-0.2, -0.15) is 0 Å². The summed E-state index contributed by atoms with van der Waals surface area (Å²) < 4.78 is 0. The fourth-order valence-corrected chi connectivity index (χ4v) is 2.51. The molecule has 1 aromatic carbocycles. The third-order valence-electron chi connectivity index (χ3n) is 3.36. The van der Waals surface area contributed by atoms with Crippen molar-refractivity contribution in [3.05, 3.63) is 35.0 Å². The zero-order chi connectivity index (χ0) is 13.0. The van der Waals surface area contributed by atoms with Gasteiger partial charge < -0.3 is 5.32 Å². The van der Waals surface area contributed by atoms with E-state index < -0.39 is 11.6 Å². The summed E-state index contributed by atoms with van der Waals surface area (Å²) in [6.45, 7) is 0. The van der Waals surface area contributed by atoms with Crippen LogP contribution >= 0.6 is 0 Å². The lowest BCUT2D eigenvalue weighted by Gasteiger charge is -2.13. The topological polar surface area (TPSA) is 84.0 Å². The summed E-state index contributed by atoms with van der Waals surface area (Å²) in [5, 5.41) is 6.60. The Bertz CT molecular complexity index is 817. The van der Waals surface area contributed by atoms with Crippen LogP contribution in [0.3, 0.4) is 0 Å². The normalized spacial score (nSPS) is 18.7. The van der Waals surface area contributed by atoms with E-state index in [2.05, 4.69) is 20.6 Å². The van der Waals surface area contributed by atoms with Gasteiger partial charge >= 0.3 is 6.03 Å². The third-order valence-corrected chi connectivity index (χ3v) is 3.36. The highest BCUT2D eigenvalue weighted by Crippen LogP contribution is 2.17. The number of hydrogen-bond donors (Lipinski definition) is 2. The van der Waals surface area contributed by atoms with Gasteiger partial charge in [0.05, 0.1) is 11.0 Å². The molecule has 2 N–H and O–H groups in total. The summed E-state index contributed by atoms with van der Waals surface area (Å²) in [5.41, 5.74) is 0.442. The van der Waals surface area contributed by atoms with E-state index in [9.17, 15) is 9.59 Å². The number of aromatic nitrogens is 2. The Morgan fingerprint density at radius 3 is 2.00 bits per heavy atom. The van der Waals surface area contributed by atoms with Crippen molar-refractivity contribution in [2.24, 2.45) is 0 Å². The second-order valence-corrected chi connectivity index (χ2v) is 4.59. The number of carbonyl (C=O) groups excluding carboxylic acids is 2. The minimum Gasteiger partial charge on any atom is -0.317 e. The molecule has 2 aromatic rings. The van der Waals surface area contributed by atoms with Crippen LogP contribution in [0.5, 0.6) is 0 Å². The van der Waals surface area contributed by atoms with Crippen LogP contribution in [0.1, 0.15) is 0 Å². The standard InChI is InChI=1S/C13H8N4O2/c18-11-13(17-12(19)16-11)5-7-3-9-10(4-8(7)6-13)15-2-1-14-9/h1-6H,(H2,16,17,18,19). The Balaban J connectivity index is 2.03. The average molecular weight is 252 g/mol. The molecule has 4 rings (SSSR count). The van der Waals surface area contributed by atoms with E-state index in [1.807, 2.05) is 12.1 Å². The van der Waals surface area contributed by atoms with Crippen LogP contribution in [0, 0.1) is 0 Å². The van der Waals surface area contributed by atoms with Crippen LogP contribution in [0.2, 0.25) is 0 Å². The molecule has 1 aliphatic carbocycles. The molecule has 0 bridgehead atoms. The van der Waals surface area contributed by atoms with Crippen LogP contribution in [0.25, 0.3) is 23.2 Å². The van der Waals surface area contributed by atoms with Crippen molar-refractivity contribution in [2.75, 3.05) is 0 Å². The smallest absolute Gasteiger partial charge is 0.317 e. The van der Waals surface area contributed by atoms with Gasteiger partial charge in [-0.3, -0.25) is 20.1 Å². The van der Waals surface area contributed by atoms with E-state index >= 15 is 0 Å². The number of amides is 3. The molecule has 3 amide bonds. The van der Waals surface area contributed by atoms with Gasteiger partial charge in [0.2, 0.25) is 0 Å². The highest BCUT2D eigenvalue weighted by molar-refractivity contribution is 6.16. The molecule has 1 aliphatic heterocycles. The summed E-state index contributed by atoms with van der Waals surface area (Å²) in [4.78, 5) is 31.6. The molecule has 92 valence electrons. The van der Waals surface area contributed by atoms with Gasteiger partial charge in [-0.1, -0.05) is 0 Å². The predicted molar refractivity (Wildman–Crippen MR) is 67.1 cm³/mol. The van der Waals surface area contributed by atoms with Crippen molar-refractivity contribution in [1.82, 2.24) is 20.6 Å². The third kappa shape index (κ3) is 1.31. The number of fused-ring (bicyclic) bond motifs is 2. The lowest BCUT2D eigenvalue weighted by Crippen LogP contribution is -2.41. The molecule has 6 heteroatoms. The van der Waals surface area contributed by atoms with Crippen molar-refractivity contribution in [3.8, 4) is 0 Å². The van der Waals surface area contributed by atoms with Gasteiger partial charge in [0.15, 0.2) is 5.54 Å². The Kier molecular flexibility index (Phi) is 1.70. The molecule has 19 heavy (non-hydrogen) atoms. The van der Waals surface area contributed by atoms with Gasteiger partial charge in [0.1, 0.15) is 0 Å². The quantitative estimate of drug-likeness (QED) is 0.576. The maximum Gasteiger partial charge on any atom is 0.322 e. The molecule has 2 heterocycles. The monoisotopic (exact) mass is 252 g/mol. The Morgan fingerprint density at radius 1 is 0.947 bits per heavy atom. The number of nitrogens with one attached hydrogen (secondary N) is 2. The molecule has 1 fully saturated rings. The number of carbonyl (C=O) groups is 2. The zero-order valence-electron chi connectivity index (χ0n) is 9.68. The van der Waals surface area contributed by atoms with E-state index in [1.54, 1.807) is 24.5 Å².